The number of rotatable bonds is 7. The van der Waals surface area contributed by atoms with Crippen LogP contribution >= 0.6 is 0 Å². The molecule has 0 saturated carbocycles. The fourth-order valence-corrected chi connectivity index (χ4v) is 13.0. The predicted octanol–water partition coefficient (Wildman–Crippen LogP) is 18.4. The molecule has 0 radical (unpaired) electrons. The van der Waals surface area contributed by atoms with E-state index in [2.05, 4.69) is 303 Å². The first-order valence-corrected chi connectivity index (χ1v) is 27.9. The van der Waals surface area contributed by atoms with Crippen LogP contribution in [0.3, 0.4) is 0 Å². The molecule has 382 valence electrons. The van der Waals surface area contributed by atoms with Crippen LogP contribution in [0.2, 0.25) is 0 Å². The third kappa shape index (κ3) is 8.02. The van der Waals surface area contributed by atoms with Crippen LogP contribution in [0.1, 0.15) is 94.3 Å². The van der Waals surface area contributed by atoms with Gasteiger partial charge in [-0.1, -0.05) is 201 Å². The lowest BCUT2D eigenvalue weighted by Gasteiger charge is -2.45. The first kappa shape index (κ1) is 49.3. The summed E-state index contributed by atoms with van der Waals surface area (Å²) in [5.41, 5.74) is 30.7. The lowest BCUT2D eigenvalue weighted by atomic mass is 9.33. The fraction of sp³-hybridized carbons (Fsp3) is 0.189. The van der Waals surface area contributed by atoms with Crippen molar-refractivity contribution >= 4 is 74.3 Å². The number of aryl methyl sites for hydroxylation is 3. The van der Waals surface area contributed by atoms with Gasteiger partial charge >= 0.3 is 0 Å². The van der Waals surface area contributed by atoms with Crippen LogP contribution in [0.25, 0.3) is 33.4 Å². The van der Waals surface area contributed by atoms with Gasteiger partial charge in [-0.15, -0.1) is 0 Å². The van der Waals surface area contributed by atoms with Crippen LogP contribution in [0.4, 0.5) is 51.2 Å². The Bertz CT molecular complexity index is 3920. The maximum atomic E-state index is 2.62. The van der Waals surface area contributed by atoms with Crippen LogP contribution < -0.4 is 31.1 Å². The van der Waals surface area contributed by atoms with E-state index in [1.807, 2.05) is 0 Å². The Morgan fingerprint density at radius 2 is 0.936 bits per heavy atom. The van der Waals surface area contributed by atoms with Crippen molar-refractivity contribution in [2.75, 3.05) is 14.7 Å². The molecular weight excluding hydrogens is 942 g/mol. The number of hydrogen-bond acceptors (Lipinski definition) is 3. The summed E-state index contributed by atoms with van der Waals surface area (Å²) in [4.78, 5) is 7.72. The molecule has 0 spiro atoms. The van der Waals surface area contributed by atoms with E-state index in [4.69, 9.17) is 0 Å². The molecule has 3 nitrogen and oxygen atoms in total. The van der Waals surface area contributed by atoms with Crippen molar-refractivity contribution in [3.63, 3.8) is 0 Å². The molecule has 10 aromatic carbocycles. The summed E-state index contributed by atoms with van der Waals surface area (Å²) in [6.07, 6.45) is 0. The summed E-state index contributed by atoms with van der Waals surface area (Å²) in [5.74, 6) is 0. The van der Waals surface area contributed by atoms with Crippen molar-refractivity contribution in [3.8, 4) is 33.4 Å². The highest BCUT2D eigenvalue weighted by molar-refractivity contribution is 7.00. The normalized spacial score (nSPS) is 13.9. The highest BCUT2D eigenvalue weighted by Crippen LogP contribution is 2.53. The molecule has 0 aromatic heterocycles. The minimum Gasteiger partial charge on any atom is -0.311 e. The summed E-state index contributed by atoms with van der Waals surface area (Å²) in [5, 5.41) is 0. The van der Waals surface area contributed by atoms with Gasteiger partial charge in [0, 0.05) is 56.6 Å². The molecule has 78 heavy (non-hydrogen) atoms. The maximum absolute atomic E-state index is 2.62. The molecule has 0 fully saturated rings. The minimum atomic E-state index is -0.186. The summed E-state index contributed by atoms with van der Waals surface area (Å²) in [6, 6.07) is 80.8. The van der Waals surface area contributed by atoms with Crippen molar-refractivity contribution in [3.05, 3.63) is 251 Å². The largest absolute Gasteiger partial charge is 0.311 e. The van der Waals surface area contributed by atoms with E-state index in [0.29, 0.717) is 0 Å². The topological polar surface area (TPSA) is 9.72 Å². The van der Waals surface area contributed by atoms with Gasteiger partial charge in [0.25, 0.3) is 6.71 Å². The predicted molar refractivity (Wildman–Crippen MR) is 335 cm³/mol. The number of hydrogen-bond donors (Lipinski definition) is 0. The minimum absolute atomic E-state index is 0.0325. The Balaban J connectivity index is 1.10. The molecule has 2 aliphatic heterocycles. The highest BCUT2D eigenvalue weighted by Gasteiger charge is 2.45. The van der Waals surface area contributed by atoms with Crippen molar-refractivity contribution in [1.82, 2.24) is 0 Å². The zero-order valence-electron chi connectivity index (χ0n) is 47.1. The Labute approximate surface area is 463 Å². The monoisotopic (exact) mass is 1010 g/mol. The van der Waals surface area contributed by atoms with E-state index >= 15 is 0 Å². The Kier molecular flexibility index (Phi) is 11.5. The van der Waals surface area contributed by atoms with E-state index in [1.54, 1.807) is 0 Å². The zero-order chi connectivity index (χ0) is 54.0. The van der Waals surface area contributed by atoms with Gasteiger partial charge in [-0.2, -0.15) is 0 Å². The smallest absolute Gasteiger partial charge is 0.252 e. The second-order valence-corrected chi connectivity index (χ2v) is 24.9. The first-order chi connectivity index (χ1) is 37.4. The molecule has 2 heterocycles. The summed E-state index contributed by atoms with van der Waals surface area (Å²) >= 11 is 0. The summed E-state index contributed by atoms with van der Waals surface area (Å²) < 4.78 is 0. The summed E-state index contributed by atoms with van der Waals surface area (Å²) in [7, 11) is 0. The van der Waals surface area contributed by atoms with Crippen molar-refractivity contribution in [2.45, 2.75) is 92.4 Å². The Morgan fingerprint density at radius 1 is 0.397 bits per heavy atom. The van der Waals surface area contributed by atoms with Gasteiger partial charge in [0.05, 0.1) is 0 Å². The molecular formula is C74H68BN3. The molecule has 1 aliphatic carbocycles. The SMILES string of the molecule is Cc1cc2c3c(c1)N(c1ccc4c(c1)C(C)(C)c1ccccc1-4)c1cc(N(c4cc(-c5ccccc5)ccc4C)c4cc(-c5ccccc5)ccc4C)ccc1B3c1cc(C(C)(C)C)ccc1N2c1ccc(C(C)(C)C)cc1. The van der Waals surface area contributed by atoms with Gasteiger partial charge in [-0.3, -0.25) is 0 Å². The zero-order valence-corrected chi connectivity index (χ0v) is 47.1. The quantitative estimate of drug-likeness (QED) is 0.147. The number of fused-ring (bicyclic) bond motifs is 7. The molecule has 0 atom stereocenters. The molecule has 13 rings (SSSR count). The first-order valence-electron chi connectivity index (χ1n) is 27.9. The van der Waals surface area contributed by atoms with Gasteiger partial charge in [0.15, 0.2) is 0 Å². The van der Waals surface area contributed by atoms with Crippen LogP contribution in [0, 0.1) is 20.8 Å². The number of nitrogens with zero attached hydrogens (tertiary/aromatic N) is 3. The second-order valence-electron chi connectivity index (χ2n) is 24.9. The average Bonchev–Trinajstić information content (AvgIpc) is 3.82. The van der Waals surface area contributed by atoms with Gasteiger partial charge < -0.3 is 14.7 Å². The molecule has 0 unspecified atom stereocenters. The lowest BCUT2D eigenvalue weighted by molar-refractivity contribution is 0.590. The fourth-order valence-electron chi connectivity index (χ4n) is 13.0. The second kappa shape index (κ2) is 18.1. The van der Waals surface area contributed by atoms with Crippen LogP contribution in [0.5, 0.6) is 0 Å². The molecule has 0 bridgehead atoms. The van der Waals surface area contributed by atoms with Crippen LogP contribution in [-0.2, 0) is 16.2 Å². The van der Waals surface area contributed by atoms with Crippen LogP contribution in [0.15, 0.2) is 212 Å². The third-order valence-electron chi connectivity index (χ3n) is 17.3. The van der Waals surface area contributed by atoms with E-state index < -0.39 is 0 Å². The lowest BCUT2D eigenvalue weighted by Crippen LogP contribution is -2.61. The van der Waals surface area contributed by atoms with E-state index in [1.165, 1.54) is 117 Å². The molecule has 0 N–H and O–H groups in total. The standard InChI is InChI=1S/C74H68BN3/c1-47-40-69-71-70(41-47)78(57-35-37-60-59-24-18-19-25-61(59)74(10,11)62(60)45-57)68-46-58(36-38-63(68)75(71)64-44-55(73(7,8)9)32-39-65(64)76(69)56-33-30-54(31-34-56)72(4,5)6)77(66-42-52(28-26-48(66)2)50-20-14-12-15-21-50)67-43-53(29-27-49(67)3)51-22-16-13-17-23-51/h12-46H,1-11H3. The van der Waals surface area contributed by atoms with E-state index in [0.717, 1.165) is 22.7 Å². The molecule has 10 aromatic rings. The summed E-state index contributed by atoms with van der Waals surface area (Å²) in [6.45, 7) is 25.5. The van der Waals surface area contributed by atoms with Gasteiger partial charge in [0.1, 0.15) is 0 Å². The molecule has 4 heteroatoms. The average molecular weight is 1010 g/mol. The van der Waals surface area contributed by atoms with Crippen LogP contribution in [-0.4, -0.2) is 6.71 Å². The highest BCUT2D eigenvalue weighted by atomic mass is 15.2. The Hall–Kier alpha value is -8.34. The Morgan fingerprint density at radius 3 is 1.54 bits per heavy atom. The maximum Gasteiger partial charge on any atom is 0.252 e. The third-order valence-corrected chi connectivity index (χ3v) is 17.3. The molecule has 0 amide bonds. The van der Waals surface area contributed by atoms with E-state index in [-0.39, 0.29) is 23.0 Å². The van der Waals surface area contributed by atoms with Crippen molar-refractivity contribution in [1.29, 1.82) is 0 Å². The molecule has 3 aliphatic rings. The van der Waals surface area contributed by atoms with Gasteiger partial charge in [0.2, 0.25) is 0 Å². The van der Waals surface area contributed by atoms with Gasteiger partial charge in [-0.05, 0) is 187 Å². The number of anilines is 9. The van der Waals surface area contributed by atoms with Crippen molar-refractivity contribution in [2.24, 2.45) is 0 Å². The van der Waals surface area contributed by atoms with E-state index in [9.17, 15) is 0 Å². The number of benzene rings is 10. The van der Waals surface area contributed by atoms with Crippen molar-refractivity contribution < 1.29 is 0 Å². The molecule has 0 saturated heterocycles. The van der Waals surface area contributed by atoms with Gasteiger partial charge in [-0.25, -0.2) is 0 Å².